The minimum absolute atomic E-state index is 0.156. The lowest BCUT2D eigenvalue weighted by molar-refractivity contribution is -0.145. The monoisotopic (exact) mass is 360 g/mol. The third-order valence-electron chi connectivity index (χ3n) is 4.02. The normalized spacial score (nSPS) is 11.7. The first kappa shape index (κ1) is 19.5. The van der Waals surface area contributed by atoms with Gasteiger partial charge >= 0.3 is 5.97 Å². The molecule has 1 heterocycles. The molecule has 0 saturated heterocycles. The Morgan fingerprint density at radius 3 is 2.46 bits per heavy atom. The van der Waals surface area contributed by atoms with Gasteiger partial charge in [0, 0.05) is 6.54 Å². The molecule has 1 aromatic heterocycles. The van der Waals surface area contributed by atoms with Gasteiger partial charge in [0.2, 0.25) is 0 Å². The highest BCUT2D eigenvalue weighted by Gasteiger charge is 2.23. The largest absolute Gasteiger partial charge is 0.494 e. The maximum Gasteiger partial charge on any atom is 0.310 e. The van der Waals surface area contributed by atoms with Crippen molar-refractivity contribution >= 4 is 11.9 Å². The van der Waals surface area contributed by atoms with Gasteiger partial charge in [-0.05, 0) is 44.9 Å². The van der Waals surface area contributed by atoms with E-state index in [0.717, 1.165) is 11.3 Å². The van der Waals surface area contributed by atoms with Crippen LogP contribution >= 0.6 is 0 Å². The second kappa shape index (κ2) is 9.03. The van der Waals surface area contributed by atoms with Crippen LogP contribution in [0.4, 0.5) is 0 Å². The van der Waals surface area contributed by atoms with Crippen LogP contribution in [0.2, 0.25) is 0 Å². The number of amides is 1. The fourth-order valence-corrected chi connectivity index (χ4v) is 2.69. The molecule has 0 bridgehead atoms. The summed E-state index contributed by atoms with van der Waals surface area (Å²) in [6.07, 6.45) is 0.445. The molecule has 1 aromatic carbocycles. The number of rotatable bonds is 8. The SMILES string of the molecule is CCOc1ccc(C[C@H](CNC(=O)c2c(C)noc2C)C(=O)OC)cc1. The Hall–Kier alpha value is -2.83. The van der Waals surface area contributed by atoms with Gasteiger partial charge in [-0.3, -0.25) is 9.59 Å². The molecule has 0 saturated carbocycles. The van der Waals surface area contributed by atoms with Crippen molar-refractivity contribution in [2.75, 3.05) is 20.3 Å². The summed E-state index contributed by atoms with van der Waals surface area (Å²) in [6.45, 7) is 6.04. The fourth-order valence-electron chi connectivity index (χ4n) is 2.69. The summed E-state index contributed by atoms with van der Waals surface area (Å²) in [5, 5.41) is 6.54. The molecule has 2 rings (SSSR count). The van der Waals surface area contributed by atoms with Gasteiger partial charge in [0.05, 0.1) is 25.3 Å². The van der Waals surface area contributed by atoms with E-state index in [1.807, 2.05) is 31.2 Å². The Balaban J connectivity index is 2.03. The number of benzene rings is 1. The van der Waals surface area contributed by atoms with Gasteiger partial charge in [-0.25, -0.2) is 0 Å². The molecule has 0 spiro atoms. The van der Waals surface area contributed by atoms with Crippen LogP contribution in [-0.2, 0) is 16.0 Å². The lowest BCUT2D eigenvalue weighted by atomic mass is 9.99. The van der Waals surface area contributed by atoms with Gasteiger partial charge in [-0.2, -0.15) is 0 Å². The number of esters is 1. The molecule has 2 aromatic rings. The number of methoxy groups -OCH3 is 1. The van der Waals surface area contributed by atoms with Gasteiger partial charge in [0.25, 0.3) is 5.91 Å². The topological polar surface area (TPSA) is 90.7 Å². The summed E-state index contributed by atoms with van der Waals surface area (Å²) in [6, 6.07) is 7.51. The average molecular weight is 360 g/mol. The first-order valence-electron chi connectivity index (χ1n) is 8.46. The molecule has 0 unspecified atom stereocenters. The van der Waals surface area contributed by atoms with E-state index >= 15 is 0 Å². The Labute approximate surface area is 152 Å². The Kier molecular flexibility index (Phi) is 6.77. The van der Waals surface area contributed by atoms with Gasteiger partial charge < -0.3 is 19.3 Å². The Morgan fingerprint density at radius 1 is 1.23 bits per heavy atom. The summed E-state index contributed by atoms with van der Waals surface area (Å²) in [4.78, 5) is 24.4. The molecule has 1 atom stereocenters. The van der Waals surface area contributed by atoms with E-state index in [-0.39, 0.29) is 18.4 Å². The summed E-state index contributed by atoms with van der Waals surface area (Å²) in [5.74, 6) is 0.0286. The standard InChI is InChI=1S/C19H24N2O5/c1-5-25-16-8-6-14(7-9-16)10-15(19(23)24-4)11-20-18(22)17-12(2)21-26-13(17)3/h6-9,15H,5,10-11H2,1-4H3,(H,20,22)/t15-/m1/s1. The van der Waals surface area contributed by atoms with E-state index in [1.54, 1.807) is 13.8 Å². The highest BCUT2D eigenvalue weighted by atomic mass is 16.5. The lowest BCUT2D eigenvalue weighted by Crippen LogP contribution is -2.35. The van der Waals surface area contributed by atoms with Crippen molar-refractivity contribution in [1.29, 1.82) is 0 Å². The van der Waals surface area contributed by atoms with Crippen molar-refractivity contribution in [3.05, 3.63) is 46.8 Å². The van der Waals surface area contributed by atoms with E-state index in [4.69, 9.17) is 14.0 Å². The zero-order valence-electron chi connectivity index (χ0n) is 15.5. The zero-order valence-corrected chi connectivity index (χ0v) is 15.5. The Bertz CT molecular complexity index is 732. The third-order valence-corrected chi connectivity index (χ3v) is 4.02. The first-order chi connectivity index (χ1) is 12.5. The predicted octanol–water partition coefficient (Wildman–Crippen LogP) is 2.45. The third kappa shape index (κ3) is 4.84. The highest BCUT2D eigenvalue weighted by Crippen LogP contribution is 2.17. The van der Waals surface area contributed by atoms with Crippen molar-refractivity contribution in [2.24, 2.45) is 5.92 Å². The van der Waals surface area contributed by atoms with Crippen LogP contribution in [0.15, 0.2) is 28.8 Å². The molecule has 140 valence electrons. The van der Waals surface area contributed by atoms with Crippen LogP contribution in [0.3, 0.4) is 0 Å². The predicted molar refractivity (Wildman–Crippen MR) is 95.1 cm³/mol. The molecule has 7 nitrogen and oxygen atoms in total. The summed E-state index contributed by atoms with van der Waals surface area (Å²) < 4.78 is 15.3. The molecule has 0 radical (unpaired) electrons. The number of ether oxygens (including phenoxy) is 2. The fraction of sp³-hybridized carbons (Fsp3) is 0.421. The van der Waals surface area contributed by atoms with Gasteiger partial charge in [-0.15, -0.1) is 0 Å². The molecule has 0 aliphatic heterocycles. The van der Waals surface area contributed by atoms with Gasteiger partial charge in [0.15, 0.2) is 0 Å². The molecule has 7 heteroatoms. The van der Waals surface area contributed by atoms with Crippen molar-refractivity contribution < 1.29 is 23.6 Å². The number of aryl methyl sites for hydroxylation is 2. The second-order valence-electron chi connectivity index (χ2n) is 5.91. The smallest absolute Gasteiger partial charge is 0.310 e. The molecule has 0 aliphatic rings. The molecule has 1 amide bonds. The minimum Gasteiger partial charge on any atom is -0.494 e. The number of nitrogens with one attached hydrogen (secondary N) is 1. The summed E-state index contributed by atoms with van der Waals surface area (Å²) >= 11 is 0. The average Bonchev–Trinajstić information content (AvgIpc) is 2.97. The van der Waals surface area contributed by atoms with Crippen LogP contribution < -0.4 is 10.1 Å². The number of carbonyl (C=O) groups is 2. The van der Waals surface area contributed by atoms with Gasteiger partial charge in [-0.1, -0.05) is 17.3 Å². The quantitative estimate of drug-likeness (QED) is 0.727. The van der Waals surface area contributed by atoms with Crippen LogP contribution in [0.1, 0.15) is 34.3 Å². The first-order valence-corrected chi connectivity index (χ1v) is 8.46. The number of aromatic nitrogens is 1. The lowest BCUT2D eigenvalue weighted by Gasteiger charge is -2.16. The summed E-state index contributed by atoms with van der Waals surface area (Å²) in [7, 11) is 1.34. The van der Waals surface area contributed by atoms with Crippen molar-refractivity contribution in [2.45, 2.75) is 27.2 Å². The number of nitrogens with zero attached hydrogens (tertiary/aromatic N) is 1. The van der Waals surface area contributed by atoms with Crippen molar-refractivity contribution in [1.82, 2.24) is 10.5 Å². The number of hydrogen-bond acceptors (Lipinski definition) is 6. The number of hydrogen-bond donors (Lipinski definition) is 1. The zero-order chi connectivity index (χ0) is 19.1. The molecule has 0 fully saturated rings. The van der Waals surface area contributed by atoms with E-state index in [9.17, 15) is 9.59 Å². The minimum atomic E-state index is -0.498. The van der Waals surface area contributed by atoms with E-state index < -0.39 is 5.92 Å². The molecule has 26 heavy (non-hydrogen) atoms. The van der Waals surface area contributed by atoms with Crippen LogP contribution in [0.5, 0.6) is 5.75 Å². The maximum atomic E-state index is 12.4. The van der Waals surface area contributed by atoms with E-state index in [1.165, 1.54) is 7.11 Å². The van der Waals surface area contributed by atoms with Gasteiger partial charge in [0.1, 0.15) is 17.1 Å². The van der Waals surface area contributed by atoms with Crippen LogP contribution in [0.25, 0.3) is 0 Å². The highest BCUT2D eigenvalue weighted by molar-refractivity contribution is 5.96. The van der Waals surface area contributed by atoms with Crippen LogP contribution in [-0.4, -0.2) is 37.3 Å². The van der Waals surface area contributed by atoms with Crippen molar-refractivity contribution in [3.8, 4) is 5.75 Å². The maximum absolute atomic E-state index is 12.4. The molecule has 1 N–H and O–H groups in total. The molecular weight excluding hydrogens is 336 g/mol. The van der Waals surface area contributed by atoms with E-state index in [2.05, 4.69) is 10.5 Å². The molecule has 0 aliphatic carbocycles. The van der Waals surface area contributed by atoms with Crippen LogP contribution in [0, 0.1) is 19.8 Å². The van der Waals surface area contributed by atoms with E-state index in [0.29, 0.717) is 30.0 Å². The summed E-state index contributed by atoms with van der Waals surface area (Å²) in [5.41, 5.74) is 1.87. The second-order valence-corrected chi connectivity index (χ2v) is 5.91. The number of carbonyl (C=O) groups excluding carboxylic acids is 2. The van der Waals surface area contributed by atoms with Crippen molar-refractivity contribution in [3.63, 3.8) is 0 Å². The Morgan fingerprint density at radius 2 is 1.92 bits per heavy atom. The molecular formula is C19H24N2O5.